The standard InChI is InChI=1S/C30H19N3/c31-20-28-25(14-7-17-32-28)23-10-5-8-21(18-23)22-9-6-11-24(19-22)33-29-15-3-1-12-26(29)27-13-2-4-16-30(27)33/h1-19H. The Morgan fingerprint density at radius 3 is 1.97 bits per heavy atom. The molecule has 0 aliphatic carbocycles. The second-order valence-electron chi connectivity index (χ2n) is 8.01. The van der Waals surface area contributed by atoms with E-state index in [0.717, 1.165) is 27.9 Å². The molecule has 6 rings (SSSR count). The van der Waals surface area contributed by atoms with Crippen molar-refractivity contribution in [2.24, 2.45) is 0 Å². The molecular formula is C30H19N3. The number of pyridine rings is 1. The molecule has 0 fully saturated rings. The third-order valence-corrected chi connectivity index (χ3v) is 6.10. The van der Waals surface area contributed by atoms with Crippen LogP contribution in [0.25, 0.3) is 49.7 Å². The molecule has 0 aliphatic rings. The van der Waals surface area contributed by atoms with E-state index in [2.05, 4.69) is 101 Å². The molecular weight excluding hydrogens is 402 g/mol. The summed E-state index contributed by atoms with van der Waals surface area (Å²) in [7, 11) is 0. The minimum absolute atomic E-state index is 0.439. The van der Waals surface area contributed by atoms with Crippen LogP contribution in [0.2, 0.25) is 0 Å². The predicted molar refractivity (Wildman–Crippen MR) is 134 cm³/mol. The zero-order chi connectivity index (χ0) is 22.2. The summed E-state index contributed by atoms with van der Waals surface area (Å²) >= 11 is 0. The van der Waals surface area contributed by atoms with Crippen molar-refractivity contribution in [2.75, 3.05) is 0 Å². The maximum absolute atomic E-state index is 9.47. The summed E-state index contributed by atoms with van der Waals surface area (Å²) in [6.45, 7) is 0. The summed E-state index contributed by atoms with van der Waals surface area (Å²) < 4.78 is 2.33. The second-order valence-corrected chi connectivity index (χ2v) is 8.01. The Morgan fingerprint density at radius 2 is 1.24 bits per heavy atom. The van der Waals surface area contributed by atoms with Crippen LogP contribution in [0.15, 0.2) is 115 Å². The summed E-state index contributed by atoms with van der Waals surface area (Å²) in [6.07, 6.45) is 1.65. The Labute approximate surface area is 191 Å². The van der Waals surface area contributed by atoms with E-state index in [1.165, 1.54) is 21.8 Å². The monoisotopic (exact) mass is 421 g/mol. The molecule has 0 saturated heterocycles. The summed E-state index contributed by atoms with van der Waals surface area (Å²) in [5.74, 6) is 0. The SMILES string of the molecule is N#Cc1ncccc1-c1cccc(-c2cccc(-n3c4ccccc4c4ccccc43)c2)c1. The van der Waals surface area contributed by atoms with Crippen LogP contribution in [-0.4, -0.2) is 9.55 Å². The molecule has 2 aromatic heterocycles. The number of aromatic nitrogens is 2. The predicted octanol–water partition coefficient (Wildman–Crippen LogP) is 7.38. The number of fused-ring (bicyclic) bond motifs is 3. The molecule has 4 aromatic carbocycles. The van der Waals surface area contributed by atoms with E-state index >= 15 is 0 Å². The lowest BCUT2D eigenvalue weighted by Crippen LogP contribution is -1.94. The minimum Gasteiger partial charge on any atom is -0.309 e. The van der Waals surface area contributed by atoms with Crippen LogP contribution >= 0.6 is 0 Å². The summed E-state index contributed by atoms with van der Waals surface area (Å²) in [6, 6.07) is 40.0. The van der Waals surface area contributed by atoms with E-state index in [1.807, 2.05) is 24.3 Å². The van der Waals surface area contributed by atoms with Crippen molar-refractivity contribution in [1.82, 2.24) is 9.55 Å². The van der Waals surface area contributed by atoms with Crippen molar-refractivity contribution >= 4 is 21.8 Å². The quantitative estimate of drug-likeness (QED) is 0.299. The molecule has 0 radical (unpaired) electrons. The van der Waals surface area contributed by atoms with Gasteiger partial charge in [0.15, 0.2) is 0 Å². The number of hydrogen-bond acceptors (Lipinski definition) is 2. The topological polar surface area (TPSA) is 41.6 Å². The lowest BCUT2D eigenvalue weighted by molar-refractivity contribution is 1.18. The fourth-order valence-electron chi connectivity index (χ4n) is 4.62. The molecule has 0 aliphatic heterocycles. The minimum atomic E-state index is 0.439. The van der Waals surface area contributed by atoms with Gasteiger partial charge in [-0.15, -0.1) is 0 Å². The van der Waals surface area contributed by atoms with Crippen LogP contribution in [0.5, 0.6) is 0 Å². The van der Waals surface area contributed by atoms with Crippen molar-refractivity contribution in [2.45, 2.75) is 0 Å². The van der Waals surface area contributed by atoms with Gasteiger partial charge in [-0.1, -0.05) is 66.7 Å². The van der Waals surface area contributed by atoms with Gasteiger partial charge in [-0.2, -0.15) is 5.26 Å². The number of nitriles is 1. The van der Waals surface area contributed by atoms with Gasteiger partial charge in [0.1, 0.15) is 11.8 Å². The van der Waals surface area contributed by atoms with Crippen LogP contribution in [-0.2, 0) is 0 Å². The van der Waals surface area contributed by atoms with Crippen LogP contribution in [0.3, 0.4) is 0 Å². The molecule has 0 unspecified atom stereocenters. The van der Waals surface area contributed by atoms with Crippen LogP contribution in [0.1, 0.15) is 5.69 Å². The number of hydrogen-bond donors (Lipinski definition) is 0. The van der Waals surface area contributed by atoms with Crippen molar-refractivity contribution in [1.29, 1.82) is 5.26 Å². The van der Waals surface area contributed by atoms with Crippen molar-refractivity contribution in [3.63, 3.8) is 0 Å². The largest absolute Gasteiger partial charge is 0.309 e. The highest BCUT2D eigenvalue weighted by Gasteiger charge is 2.12. The van der Waals surface area contributed by atoms with Gasteiger partial charge < -0.3 is 4.57 Å². The molecule has 0 bridgehead atoms. The highest BCUT2D eigenvalue weighted by molar-refractivity contribution is 6.09. The average Bonchev–Trinajstić information content (AvgIpc) is 3.23. The van der Waals surface area contributed by atoms with Crippen molar-refractivity contribution < 1.29 is 0 Å². The zero-order valence-electron chi connectivity index (χ0n) is 17.8. The highest BCUT2D eigenvalue weighted by Crippen LogP contribution is 2.34. The molecule has 0 N–H and O–H groups in total. The zero-order valence-corrected chi connectivity index (χ0v) is 17.8. The number of para-hydroxylation sites is 2. The molecule has 6 aromatic rings. The van der Waals surface area contributed by atoms with Gasteiger partial charge in [-0.3, -0.25) is 0 Å². The Bertz CT molecular complexity index is 1630. The summed E-state index contributed by atoms with van der Waals surface area (Å²) in [5.41, 5.74) is 8.00. The van der Waals surface area contributed by atoms with Crippen LogP contribution in [0, 0.1) is 11.3 Å². The third kappa shape index (κ3) is 3.17. The number of rotatable bonds is 3. The summed E-state index contributed by atoms with van der Waals surface area (Å²) in [4.78, 5) is 4.22. The van der Waals surface area contributed by atoms with E-state index in [-0.39, 0.29) is 0 Å². The molecule has 3 heteroatoms. The Balaban J connectivity index is 1.52. The number of benzene rings is 4. The third-order valence-electron chi connectivity index (χ3n) is 6.10. The maximum atomic E-state index is 9.47. The first-order valence-corrected chi connectivity index (χ1v) is 10.9. The molecule has 0 amide bonds. The van der Waals surface area contributed by atoms with Gasteiger partial charge in [0.05, 0.1) is 11.0 Å². The molecule has 2 heterocycles. The van der Waals surface area contributed by atoms with E-state index < -0.39 is 0 Å². The van der Waals surface area contributed by atoms with Gasteiger partial charge in [-0.25, -0.2) is 4.98 Å². The fraction of sp³-hybridized carbons (Fsp3) is 0. The van der Waals surface area contributed by atoms with Crippen molar-refractivity contribution in [3.8, 4) is 34.0 Å². The average molecular weight is 422 g/mol. The highest BCUT2D eigenvalue weighted by atomic mass is 15.0. The molecule has 0 atom stereocenters. The number of nitrogens with zero attached hydrogens (tertiary/aromatic N) is 3. The van der Waals surface area contributed by atoms with E-state index in [9.17, 15) is 5.26 Å². The van der Waals surface area contributed by atoms with Gasteiger partial charge in [0.25, 0.3) is 0 Å². The molecule has 154 valence electrons. The summed E-state index contributed by atoms with van der Waals surface area (Å²) in [5, 5.41) is 12.0. The van der Waals surface area contributed by atoms with Crippen LogP contribution < -0.4 is 0 Å². The van der Waals surface area contributed by atoms with E-state index in [1.54, 1.807) is 6.20 Å². The Kier molecular flexibility index (Phi) is 4.49. The first-order chi connectivity index (χ1) is 16.3. The van der Waals surface area contributed by atoms with Gasteiger partial charge in [-0.05, 0) is 59.2 Å². The van der Waals surface area contributed by atoms with E-state index in [4.69, 9.17) is 0 Å². The molecule has 0 spiro atoms. The van der Waals surface area contributed by atoms with Crippen LogP contribution in [0.4, 0.5) is 0 Å². The first kappa shape index (κ1) is 19.0. The van der Waals surface area contributed by atoms with Gasteiger partial charge in [0, 0.05) is 28.2 Å². The molecule has 3 nitrogen and oxygen atoms in total. The lowest BCUT2D eigenvalue weighted by Gasteiger charge is -2.11. The van der Waals surface area contributed by atoms with E-state index in [0.29, 0.717) is 5.69 Å². The van der Waals surface area contributed by atoms with Gasteiger partial charge >= 0.3 is 0 Å². The van der Waals surface area contributed by atoms with Gasteiger partial charge in [0.2, 0.25) is 0 Å². The second kappa shape index (κ2) is 7.78. The Morgan fingerprint density at radius 1 is 0.606 bits per heavy atom. The Hall–Kier alpha value is -4.68. The van der Waals surface area contributed by atoms with Crippen molar-refractivity contribution in [3.05, 3.63) is 121 Å². The normalized spacial score (nSPS) is 11.0. The maximum Gasteiger partial charge on any atom is 0.148 e. The smallest absolute Gasteiger partial charge is 0.148 e. The molecule has 33 heavy (non-hydrogen) atoms. The fourth-order valence-corrected chi connectivity index (χ4v) is 4.62. The first-order valence-electron chi connectivity index (χ1n) is 10.9. The lowest BCUT2D eigenvalue weighted by atomic mass is 9.98. The molecule has 0 saturated carbocycles.